The van der Waals surface area contributed by atoms with Crippen molar-refractivity contribution < 1.29 is 60.5 Å². The van der Waals surface area contributed by atoms with E-state index in [9.17, 15) is 4.79 Å². The second-order valence-electron chi connectivity index (χ2n) is 4.46. The Kier molecular flexibility index (Phi) is 28.9. The fourth-order valence-corrected chi connectivity index (χ4v) is 1.63. The maximum absolute atomic E-state index is 11.8. The molecule has 0 aromatic carbocycles. The van der Waals surface area contributed by atoms with Gasteiger partial charge in [0.25, 0.3) is 0 Å². The number of hydrogen-bond acceptors (Lipinski definition) is 2. The summed E-state index contributed by atoms with van der Waals surface area (Å²) in [7, 11) is 0. The molecule has 0 bridgehead atoms. The first kappa shape index (κ1) is 36.3. The molecular formula is C19H28N3OV3-3. The van der Waals surface area contributed by atoms with Crippen LogP contribution in [0.1, 0.15) is 50.7 Å². The van der Waals surface area contributed by atoms with Gasteiger partial charge in [0.05, 0.1) is 5.91 Å². The second-order valence-corrected chi connectivity index (χ2v) is 4.46. The van der Waals surface area contributed by atoms with Crippen LogP contribution in [0, 0.1) is 7.43 Å². The van der Waals surface area contributed by atoms with E-state index in [0.29, 0.717) is 5.56 Å². The van der Waals surface area contributed by atoms with Crippen LogP contribution in [0.3, 0.4) is 0 Å². The van der Waals surface area contributed by atoms with Gasteiger partial charge in [-0.2, -0.15) is 0 Å². The predicted octanol–water partition coefficient (Wildman–Crippen LogP) is 6.30. The first-order chi connectivity index (χ1) is 10.5. The summed E-state index contributed by atoms with van der Waals surface area (Å²) in [6.07, 6.45) is 7.19. The molecule has 1 heterocycles. The molecule has 0 aliphatic rings. The Morgan fingerprint density at radius 2 is 1.77 bits per heavy atom. The summed E-state index contributed by atoms with van der Waals surface area (Å²) >= 11 is 0. The fourth-order valence-electron chi connectivity index (χ4n) is 1.63. The topological polar surface area (TPSA) is 67.9 Å². The van der Waals surface area contributed by atoms with Crippen molar-refractivity contribution in [3.63, 3.8) is 0 Å². The Balaban J connectivity index is -0.000000236. The maximum Gasteiger partial charge on any atom is 0.0780 e. The van der Waals surface area contributed by atoms with E-state index in [4.69, 9.17) is 5.73 Å². The number of nitrogens with one attached hydrogen (secondary N) is 1. The van der Waals surface area contributed by atoms with Gasteiger partial charge in [0, 0.05) is 55.7 Å². The summed E-state index contributed by atoms with van der Waals surface area (Å²) in [5.41, 5.74) is 9.69. The van der Waals surface area contributed by atoms with Crippen LogP contribution in [0.2, 0.25) is 0 Å². The van der Waals surface area contributed by atoms with Crippen molar-refractivity contribution in [3.8, 4) is 0 Å². The van der Waals surface area contributed by atoms with Crippen molar-refractivity contribution in [1.82, 2.24) is 4.98 Å². The zero-order valence-corrected chi connectivity index (χ0v) is 20.6. The zero-order chi connectivity index (χ0) is 17.1. The van der Waals surface area contributed by atoms with Crippen molar-refractivity contribution in [2.45, 2.75) is 40.7 Å². The van der Waals surface area contributed by atoms with Gasteiger partial charge >= 0.3 is 0 Å². The fraction of sp³-hybridized carbons (Fsp3) is 0.316. The number of hydrogen-bond donors (Lipinski definition) is 0. The number of aromatic nitrogens is 1. The minimum absolute atomic E-state index is 0. The molecule has 1 amide bonds. The summed E-state index contributed by atoms with van der Waals surface area (Å²) in [6, 6.07) is 3.24. The monoisotopic (exact) mass is 467 g/mol. The zero-order valence-electron chi connectivity index (χ0n) is 16.4. The molecule has 0 saturated heterocycles. The van der Waals surface area contributed by atoms with E-state index in [-0.39, 0.29) is 86.6 Å². The van der Waals surface area contributed by atoms with Gasteiger partial charge in [-0.15, -0.1) is 6.04 Å². The molecule has 1 N–H and O–H groups in total. The summed E-state index contributed by atoms with van der Waals surface area (Å²) in [5.74, 6) is -0.319. The Labute approximate surface area is 195 Å². The number of allylic oxidation sites excluding steroid dienone is 5. The molecule has 7 heteroatoms. The number of carbonyl (C=O) groups is 1. The molecule has 0 spiro atoms. The van der Waals surface area contributed by atoms with E-state index in [1.54, 1.807) is 24.3 Å². The van der Waals surface area contributed by atoms with Crippen molar-refractivity contribution in [2.24, 2.45) is 0 Å². The number of nitrogens with zero attached hydrogens (tertiary/aromatic N) is 2. The molecular weight excluding hydrogens is 439 g/mol. The molecule has 0 aliphatic carbocycles. The number of rotatable bonds is 5. The van der Waals surface area contributed by atoms with Gasteiger partial charge in [-0.1, -0.05) is 76.5 Å². The van der Waals surface area contributed by atoms with Crippen LogP contribution in [0.4, 0.5) is 5.82 Å². The average molecular weight is 467 g/mol. The molecule has 4 nitrogen and oxygen atoms in total. The van der Waals surface area contributed by atoms with Crippen molar-refractivity contribution in [2.75, 3.05) is 0 Å². The Morgan fingerprint density at radius 3 is 2.15 bits per heavy atom. The molecule has 1 aromatic rings. The van der Waals surface area contributed by atoms with Crippen LogP contribution in [0.25, 0.3) is 16.6 Å². The predicted molar refractivity (Wildman–Crippen MR) is 102 cm³/mol. The number of carbonyl (C=O) groups excluding carboxylic acids is 1. The van der Waals surface area contributed by atoms with Gasteiger partial charge in [0.15, 0.2) is 0 Å². The molecule has 1 rings (SSSR count). The molecule has 0 unspecified atom stereocenters. The largest absolute Gasteiger partial charge is 0.647 e. The second kappa shape index (κ2) is 20.7. The first-order valence-electron chi connectivity index (χ1n) is 7.43. The third kappa shape index (κ3) is 12.7. The molecule has 0 fully saturated rings. The molecule has 3 radical (unpaired) electrons. The van der Waals surface area contributed by atoms with Crippen LogP contribution in [-0.2, 0) is 55.7 Å². The minimum atomic E-state index is -0.385. The Bertz CT molecular complexity index is 571. The quantitative estimate of drug-likeness (QED) is 0.377. The van der Waals surface area contributed by atoms with Gasteiger partial charge < -0.3 is 28.3 Å². The summed E-state index contributed by atoms with van der Waals surface area (Å²) < 4.78 is 0. The summed E-state index contributed by atoms with van der Waals surface area (Å²) in [4.78, 5) is 15.8. The van der Waals surface area contributed by atoms with Crippen molar-refractivity contribution >= 4 is 17.3 Å². The molecule has 1 aromatic heterocycles. The standard InChI is InChI=1S/C16H20N3O.C2H6.CH3.3V/c1-5-7-8-12(6-2)13-9-10-14(19-15(13)17)16(20)18-11(3)4;1-2;;;;/h5-11H,1H2,2-4H3,(H2-,17,18,19,20);1-2H3;1H3;;;/q-1;;-1;;;/p-1/b8-7-,12-6+;;;;;. The SMILES string of the molecule is C=C/C=C\C(=C/C)c1ccc(C(=O)[N-]C(C)C)nc1[NH-].CC.[CH3-].[V].[V].[V]. The minimum Gasteiger partial charge on any atom is -0.647 e. The van der Waals surface area contributed by atoms with Gasteiger partial charge in [0.2, 0.25) is 0 Å². The van der Waals surface area contributed by atoms with E-state index < -0.39 is 0 Å². The van der Waals surface area contributed by atoms with E-state index in [0.717, 1.165) is 5.57 Å². The Morgan fingerprint density at radius 1 is 1.23 bits per heavy atom. The van der Waals surface area contributed by atoms with Gasteiger partial charge in [-0.3, -0.25) is 0 Å². The smallest absolute Gasteiger partial charge is 0.0780 e. The summed E-state index contributed by atoms with van der Waals surface area (Å²) in [5, 5.41) is 3.91. The maximum atomic E-state index is 11.8. The normalized spacial score (nSPS) is 9.38. The van der Waals surface area contributed by atoms with Gasteiger partial charge in [-0.25, -0.2) is 0 Å². The van der Waals surface area contributed by atoms with E-state index >= 15 is 0 Å². The molecule has 143 valence electrons. The van der Waals surface area contributed by atoms with E-state index in [1.807, 2.05) is 46.8 Å². The molecule has 0 atom stereocenters. The number of amides is 1. The van der Waals surface area contributed by atoms with Crippen LogP contribution in [0.5, 0.6) is 0 Å². The Hall–Kier alpha value is -0.607. The van der Waals surface area contributed by atoms with Crippen LogP contribution < -0.4 is 0 Å². The first-order valence-corrected chi connectivity index (χ1v) is 7.43. The third-order valence-electron chi connectivity index (χ3n) is 2.52. The molecule has 0 aliphatic heterocycles. The van der Waals surface area contributed by atoms with Crippen molar-refractivity contribution in [3.05, 3.63) is 72.8 Å². The van der Waals surface area contributed by atoms with E-state index in [1.165, 1.54) is 0 Å². The van der Waals surface area contributed by atoms with Gasteiger partial charge in [-0.05, 0) is 23.8 Å². The third-order valence-corrected chi connectivity index (χ3v) is 2.52. The van der Waals surface area contributed by atoms with E-state index in [2.05, 4.69) is 16.9 Å². The average Bonchev–Trinajstić information content (AvgIpc) is 2.50. The molecule has 0 saturated carbocycles. The summed E-state index contributed by atoms with van der Waals surface area (Å²) in [6.45, 7) is 13.1. The van der Waals surface area contributed by atoms with Crippen LogP contribution >= 0.6 is 0 Å². The van der Waals surface area contributed by atoms with Crippen LogP contribution in [-0.4, -0.2) is 16.9 Å². The van der Waals surface area contributed by atoms with Gasteiger partial charge in [0.1, 0.15) is 0 Å². The van der Waals surface area contributed by atoms with Crippen molar-refractivity contribution in [1.29, 1.82) is 0 Å². The number of pyridine rings is 1. The van der Waals surface area contributed by atoms with Crippen LogP contribution in [0.15, 0.2) is 43.0 Å². The molecule has 26 heavy (non-hydrogen) atoms.